The second kappa shape index (κ2) is 6.96. The summed E-state index contributed by atoms with van der Waals surface area (Å²) < 4.78 is 0. The third-order valence-electron chi connectivity index (χ3n) is 4.78. The van der Waals surface area contributed by atoms with Crippen LogP contribution in [0.5, 0.6) is 0 Å². The van der Waals surface area contributed by atoms with Crippen molar-refractivity contribution in [2.45, 2.75) is 46.0 Å². The van der Waals surface area contributed by atoms with Gasteiger partial charge in [0.05, 0.1) is 0 Å². The van der Waals surface area contributed by atoms with Gasteiger partial charge in [0.1, 0.15) is 0 Å². The van der Waals surface area contributed by atoms with Gasteiger partial charge in [0.2, 0.25) is 0 Å². The van der Waals surface area contributed by atoms with Crippen LogP contribution in [0.3, 0.4) is 0 Å². The molecule has 0 spiro atoms. The zero-order valence-electron chi connectivity index (χ0n) is 14.2. The fraction of sp³-hybridized carbons (Fsp3) is 0.364. The summed E-state index contributed by atoms with van der Waals surface area (Å²) in [5, 5.41) is 0. The van der Waals surface area contributed by atoms with Crippen LogP contribution in [0, 0.1) is 12.8 Å². The topological polar surface area (TPSA) is 0 Å². The van der Waals surface area contributed by atoms with Crippen molar-refractivity contribution in [3.05, 3.63) is 72.4 Å². The Hall–Kier alpha value is -1.82. The maximum absolute atomic E-state index is 4.35. The molecule has 1 aliphatic carbocycles. The molecule has 2 rings (SSSR count). The first-order chi connectivity index (χ1) is 10.4. The first-order valence-corrected chi connectivity index (χ1v) is 8.18. The first kappa shape index (κ1) is 16.5. The van der Waals surface area contributed by atoms with Gasteiger partial charge in [-0.1, -0.05) is 61.2 Å². The quantitative estimate of drug-likeness (QED) is 0.527. The highest BCUT2D eigenvalue weighted by molar-refractivity contribution is 5.79. The van der Waals surface area contributed by atoms with Crippen molar-refractivity contribution in [3.8, 4) is 0 Å². The van der Waals surface area contributed by atoms with E-state index in [0.717, 1.165) is 31.3 Å². The minimum absolute atomic E-state index is 0.625. The molecular weight excluding hydrogens is 264 g/mol. The highest BCUT2D eigenvalue weighted by Crippen LogP contribution is 2.36. The molecule has 1 atom stereocenters. The van der Waals surface area contributed by atoms with Crippen LogP contribution in [0.4, 0.5) is 0 Å². The third-order valence-corrected chi connectivity index (χ3v) is 4.78. The van der Waals surface area contributed by atoms with Gasteiger partial charge in [0.25, 0.3) is 0 Å². The van der Waals surface area contributed by atoms with Gasteiger partial charge in [-0.2, -0.15) is 0 Å². The molecule has 1 unspecified atom stereocenters. The maximum atomic E-state index is 4.35. The van der Waals surface area contributed by atoms with Crippen LogP contribution in [0.15, 0.2) is 55.7 Å². The van der Waals surface area contributed by atoms with Crippen molar-refractivity contribution in [2.24, 2.45) is 5.92 Å². The molecule has 0 nitrogen and oxygen atoms in total. The summed E-state index contributed by atoms with van der Waals surface area (Å²) >= 11 is 0. The average Bonchev–Trinajstić information content (AvgIpc) is 2.45. The van der Waals surface area contributed by atoms with Crippen molar-refractivity contribution in [1.29, 1.82) is 0 Å². The molecule has 0 aliphatic heterocycles. The average molecular weight is 292 g/mol. The molecule has 0 aromatic heterocycles. The number of hydrogen-bond acceptors (Lipinski definition) is 0. The smallest absolute Gasteiger partial charge is 0.0111 e. The SMILES string of the molecule is C=C1CCC(CCC(=C)c2cccc(C)c2C(=C)C)C(=C)C1. The van der Waals surface area contributed by atoms with E-state index in [4.69, 9.17) is 0 Å². The van der Waals surface area contributed by atoms with Crippen LogP contribution in [-0.2, 0) is 0 Å². The van der Waals surface area contributed by atoms with Gasteiger partial charge in [-0.3, -0.25) is 0 Å². The van der Waals surface area contributed by atoms with Crippen LogP contribution in [0.1, 0.15) is 55.7 Å². The Kier molecular flexibility index (Phi) is 5.24. The van der Waals surface area contributed by atoms with Crippen LogP contribution < -0.4 is 0 Å². The van der Waals surface area contributed by atoms with Crippen LogP contribution in [0.2, 0.25) is 0 Å². The molecule has 1 saturated carbocycles. The number of rotatable bonds is 5. The molecule has 0 saturated heterocycles. The zero-order chi connectivity index (χ0) is 16.3. The maximum Gasteiger partial charge on any atom is -0.0111 e. The summed E-state index contributed by atoms with van der Waals surface area (Å²) in [6.07, 6.45) is 5.54. The molecule has 0 heterocycles. The molecule has 1 aromatic carbocycles. The lowest BCUT2D eigenvalue weighted by molar-refractivity contribution is 0.484. The number of allylic oxidation sites excluding steroid dienone is 4. The molecule has 1 fully saturated rings. The van der Waals surface area contributed by atoms with Gasteiger partial charge < -0.3 is 0 Å². The Labute approximate surface area is 136 Å². The molecule has 1 aliphatic rings. The molecule has 0 bridgehead atoms. The summed E-state index contributed by atoms with van der Waals surface area (Å²) in [6.45, 7) is 21.1. The monoisotopic (exact) mass is 292 g/mol. The van der Waals surface area contributed by atoms with Gasteiger partial charge in [0, 0.05) is 0 Å². The van der Waals surface area contributed by atoms with Crippen LogP contribution >= 0.6 is 0 Å². The normalized spacial score (nSPS) is 18.4. The third kappa shape index (κ3) is 3.68. The highest BCUT2D eigenvalue weighted by atomic mass is 14.2. The summed E-state index contributed by atoms with van der Waals surface area (Å²) in [4.78, 5) is 0. The number of hydrogen-bond donors (Lipinski definition) is 0. The Morgan fingerprint density at radius 1 is 1.23 bits per heavy atom. The first-order valence-electron chi connectivity index (χ1n) is 8.18. The minimum Gasteiger partial charge on any atom is -0.0995 e. The standard InChI is InChI=1S/C22H28/c1-15(2)22-18(5)8-7-9-21(22)17(4)11-13-20-12-10-16(3)14-19(20)6/h7-9,20H,1,3-4,6,10-14H2,2,5H3. The predicted molar refractivity (Wildman–Crippen MR) is 99.8 cm³/mol. The van der Waals surface area contributed by atoms with E-state index in [-0.39, 0.29) is 0 Å². The summed E-state index contributed by atoms with van der Waals surface area (Å²) in [5.74, 6) is 0.625. The number of benzene rings is 1. The highest BCUT2D eigenvalue weighted by Gasteiger charge is 2.19. The molecule has 0 amide bonds. The van der Waals surface area contributed by atoms with E-state index in [2.05, 4.69) is 58.4 Å². The Balaban J connectivity index is 2.07. The summed E-state index contributed by atoms with van der Waals surface area (Å²) in [6, 6.07) is 6.44. The van der Waals surface area contributed by atoms with Crippen molar-refractivity contribution in [2.75, 3.05) is 0 Å². The Morgan fingerprint density at radius 2 is 1.95 bits per heavy atom. The lowest BCUT2D eigenvalue weighted by Gasteiger charge is -2.26. The summed E-state index contributed by atoms with van der Waals surface area (Å²) in [7, 11) is 0. The fourth-order valence-corrected chi connectivity index (χ4v) is 3.50. The number of aryl methyl sites for hydroxylation is 1. The lowest BCUT2D eigenvalue weighted by atomic mass is 9.79. The van der Waals surface area contributed by atoms with Crippen LogP contribution in [-0.4, -0.2) is 0 Å². The predicted octanol–water partition coefficient (Wildman–Crippen LogP) is 6.73. The minimum atomic E-state index is 0.625. The molecule has 0 heteroatoms. The van der Waals surface area contributed by atoms with Crippen molar-refractivity contribution >= 4 is 11.1 Å². The van der Waals surface area contributed by atoms with Gasteiger partial charge in [-0.25, -0.2) is 0 Å². The zero-order valence-corrected chi connectivity index (χ0v) is 14.2. The second-order valence-electron chi connectivity index (χ2n) is 6.74. The van der Waals surface area contributed by atoms with Crippen molar-refractivity contribution in [1.82, 2.24) is 0 Å². The van der Waals surface area contributed by atoms with Gasteiger partial charge in [-0.05, 0) is 74.1 Å². The van der Waals surface area contributed by atoms with Crippen molar-refractivity contribution in [3.63, 3.8) is 0 Å². The van der Waals surface area contributed by atoms with Gasteiger partial charge in [-0.15, -0.1) is 0 Å². The fourth-order valence-electron chi connectivity index (χ4n) is 3.50. The lowest BCUT2D eigenvalue weighted by Crippen LogP contribution is -2.11. The molecule has 1 aromatic rings. The van der Waals surface area contributed by atoms with E-state index in [9.17, 15) is 0 Å². The van der Waals surface area contributed by atoms with E-state index < -0.39 is 0 Å². The van der Waals surface area contributed by atoms with Crippen LogP contribution in [0.25, 0.3) is 11.1 Å². The Bertz CT molecular complexity index is 627. The van der Waals surface area contributed by atoms with E-state index in [1.54, 1.807) is 0 Å². The largest absolute Gasteiger partial charge is 0.0995 e. The molecular formula is C22H28. The second-order valence-corrected chi connectivity index (χ2v) is 6.74. The molecule has 0 radical (unpaired) electrons. The van der Waals surface area contributed by atoms with E-state index in [0.29, 0.717) is 5.92 Å². The van der Waals surface area contributed by atoms with Crippen molar-refractivity contribution < 1.29 is 0 Å². The van der Waals surface area contributed by atoms with Gasteiger partial charge in [0.15, 0.2) is 0 Å². The summed E-state index contributed by atoms with van der Waals surface area (Å²) in [5.41, 5.74) is 8.84. The van der Waals surface area contributed by atoms with E-state index in [1.807, 2.05) is 0 Å². The van der Waals surface area contributed by atoms with E-state index in [1.165, 1.54) is 39.8 Å². The van der Waals surface area contributed by atoms with E-state index >= 15 is 0 Å². The van der Waals surface area contributed by atoms with Gasteiger partial charge >= 0.3 is 0 Å². The molecule has 0 N–H and O–H groups in total. The molecule has 116 valence electrons. The Morgan fingerprint density at radius 3 is 2.59 bits per heavy atom. The molecule has 22 heavy (non-hydrogen) atoms.